The van der Waals surface area contributed by atoms with Gasteiger partial charge in [-0.2, -0.15) is 5.10 Å². The van der Waals surface area contributed by atoms with Crippen LogP contribution in [0.15, 0.2) is 30.6 Å². The van der Waals surface area contributed by atoms with Crippen LogP contribution in [-0.2, 0) is 7.05 Å². The summed E-state index contributed by atoms with van der Waals surface area (Å²) in [7, 11) is 5.19. The zero-order valence-corrected chi connectivity index (χ0v) is 11.1. The highest BCUT2D eigenvalue weighted by atomic mass is 16.5. The molecule has 0 bridgehead atoms. The van der Waals surface area contributed by atoms with Crippen molar-refractivity contribution in [1.82, 2.24) is 14.7 Å². The van der Waals surface area contributed by atoms with E-state index in [0.717, 1.165) is 0 Å². The molecule has 0 fully saturated rings. The van der Waals surface area contributed by atoms with E-state index >= 15 is 0 Å². The van der Waals surface area contributed by atoms with Crippen molar-refractivity contribution in [2.75, 3.05) is 19.8 Å². The summed E-state index contributed by atoms with van der Waals surface area (Å²) in [6.07, 6.45) is 3.33. The molecule has 0 saturated heterocycles. The second-order valence-electron chi connectivity index (χ2n) is 4.40. The van der Waals surface area contributed by atoms with Gasteiger partial charge in [-0.05, 0) is 18.2 Å². The molecule has 1 amide bonds. The number of carbonyl (C=O) groups is 1. The van der Waals surface area contributed by atoms with Crippen LogP contribution in [0, 0.1) is 0 Å². The van der Waals surface area contributed by atoms with Gasteiger partial charge in [0, 0.05) is 26.7 Å². The Morgan fingerprint density at radius 1 is 1.42 bits per heavy atom. The number of benzene rings is 1. The molecule has 0 aliphatic rings. The molecule has 1 heterocycles. The smallest absolute Gasteiger partial charge is 0.253 e. The van der Waals surface area contributed by atoms with E-state index in [0.29, 0.717) is 22.7 Å². The van der Waals surface area contributed by atoms with Crippen molar-refractivity contribution >= 4 is 11.6 Å². The van der Waals surface area contributed by atoms with Gasteiger partial charge in [0.15, 0.2) is 11.5 Å². The van der Waals surface area contributed by atoms with E-state index in [2.05, 4.69) is 5.10 Å². The normalized spacial score (nSPS) is 10.3. The topological polar surface area (TPSA) is 73.4 Å². The van der Waals surface area contributed by atoms with Crippen molar-refractivity contribution in [3.63, 3.8) is 0 Å². The highest BCUT2D eigenvalue weighted by molar-refractivity contribution is 5.95. The third kappa shape index (κ3) is 2.85. The number of nitrogen functional groups attached to an aromatic ring is 1. The summed E-state index contributed by atoms with van der Waals surface area (Å²) in [5.74, 6) is 1.00. The Bertz CT molecular complexity index is 604. The molecule has 2 rings (SSSR count). The molecule has 0 atom stereocenters. The number of nitrogens with zero attached hydrogens (tertiary/aromatic N) is 3. The summed E-state index contributed by atoms with van der Waals surface area (Å²) < 4.78 is 7.23. The van der Waals surface area contributed by atoms with Crippen molar-refractivity contribution in [1.29, 1.82) is 0 Å². The molecule has 0 unspecified atom stereocenters. The maximum atomic E-state index is 11.8. The minimum absolute atomic E-state index is 0.0976. The van der Waals surface area contributed by atoms with Gasteiger partial charge in [-0.3, -0.25) is 9.48 Å². The van der Waals surface area contributed by atoms with Gasteiger partial charge in [-0.1, -0.05) is 0 Å². The maximum Gasteiger partial charge on any atom is 0.253 e. The van der Waals surface area contributed by atoms with Crippen LogP contribution in [0.3, 0.4) is 0 Å². The first kappa shape index (κ1) is 12.9. The van der Waals surface area contributed by atoms with Gasteiger partial charge >= 0.3 is 0 Å². The lowest BCUT2D eigenvalue weighted by Gasteiger charge is -2.12. The van der Waals surface area contributed by atoms with E-state index in [9.17, 15) is 4.79 Å². The molecule has 0 radical (unpaired) electrons. The van der Waals surface area contributed by atoms with Crippen molar-refractivity contribution in [3.8, 4) is 11.5 Å². The van der Waals surface area contributed by atoms with E-state index in [4.69, 9.17) is 10.5 Å². The molecule has 0 aliphatic carbocycles. The maximum absolute atomic E-state index is 11.8. The Balaban J connectivity index is 2.22. The van der Waals surface area contributed by atoms with Gasteiger partial charge in [0.1, 0.15) is 0 Å². The Morgan fingerprint density at radius 3 is 2.68 bits per heavy atom. The largest absolute Gasteiger partial charge is 0.452 e. The molecule has 6 heteroatoms. The van der Waals surface area contributed by atoms with Crippen LogP contribution < -0.4 is 10.5 Å². The van der Waals surface area contributed by atoms with Gasteiger partial charge in [-0.15, -0.1) is 0 Å². The van der Waals surface area contributed by atoms with Gasteiger partial charge in [-0.25, -0.2) is 0 Å². The lowest BCUT2D eigenvalue weighted by molar-refractivity contribution is 0.0827. The quantitative estimate of drug-likeness (QED) is 0.849. The van der Waals surface area contributed by atoms with E-state index in [-0.39, 0.29) is 5.91 Å². The molecule has 6 nitrogen and oxygen atoms in total. The lowest BCUT2D eigenvalue weighted by Crippen LogP contribution is -2.21. The SMILES string of the molecule is CN(C)C(=O)c1ccc(Oc2cnn(C)c2)c(N)c1. The average Bonchev–Trinajstić information content (AvgIpc) is 2.76. The molecule has 1 aromatic heterocycles. The fraction of sp³-hybridized carbons (Fsp3) is 0.231. The zero-order chi connectivity index (χ0) is 14.0. The van der Waals surface area contributed by atoms with E-state index in [1.54, 1.807) is 56.4 Å². The summed E-state index contributed by atoms with van der Waals surface area (Å²) in [5.41, 5.74) is 6.83. The Labute approximate surface area is 111 Å². The number of aryl methyl sites for hydroxylation is 1. The van der Waals surface area contributed by atoms with Gasteiger partial charge < -0.3 is 15.4 Å². The molecular weight excluding hydrogens is 244 g/mol. The number of anilines is 1. The Morgan fingerprint density at radius 2 is 2.16 bits per heavy atom. The van der Waals surface area contributed by atoms with E-state index < -0.39 is 0 Å². The number of hydrogen-bond acceptors (Lipinski definition) is 4. The summed E-state index contributed by atoms with van der Waals surface area (Å²) in [5, 5.41) is 4.00. The second-order valence-corrected chi connectivity index (χ2v) is 4.40. The van der Waals surface area contributed by atoms with Crippen molar-refractivity contribution < 1.29 is 9.53 Å². The van der Waals surface area contributed by atoms with Crippen LogP contribution in [0.25, 0.3) is 0 Å². The van der Waals surface area contributed by atoms with Crippen LogP contribution in [0.4, 0.5) is 5.69 Å². The van der Waals surface area contributed by atoms with Crippen LogP contribution in [0.1, 0.15) is 10.4 Å². The molecule has 2 aromatic rings. The highest BCUT2D eigenvalue weighted by Gasteiger charge is 2.11. The van der Waals surface area contributed by atoms with E-state index in [1.165, 1.54) is 4.90 Å². The third-order valence-electron chi connectivity index (χ3n) is 2.57. The number of nitrogens with two attached hydrogens (primary N) is 1. The molecular formula is C13H16N4O2. The van der Waals surface area contributed by atoms with Crippen LogP contribution in [0.5, 0.6) is 11.5 Å². The molecule has 100 valence electrons. The monoisotopic (exact) mass is 260 g/mol. The minimum Gasteiger partial charge on any atom is -0.452 e. The molecule has 1 aromatic carbocycles. The van der Waals surface area contributed by atoms with Crippen molar-refractivity contribution in [2.24, 2.45) is 7.05 Å². The number of amides is 1. The predicted octanol–water partition coefficient (Wildman–Crippen LogP) is 1.50. The molecule has 0 spiro atoms. The standard InChI is InChI=1S/C13H16N4O2/c1-16(2)13(18)9-4-5-12(11(14)6-9)19-10-7-15-17(3)8-10/h4-8H,14H2,1-3H3. The molecule has 0 saturated carbocycles. The van der Waals surface area contributed by atoms with Gasteiger partial charge in [0.25, 0.3) is 5.91 Å². The van der Waals surface area contributed by atoms with Crippen LogP contribution in [0.2, 0.25) is 0 Å². The Hall–Kier alpha value is -2.50. The number of carbonyl (C=O) groups excluding carboxylic acids is 1. The third-order valence-corrected chi connectivity index (χ3v) is 2.57. The summed E-state index contributed by atoms with van der Waals surface area (Å²) in [6.45, 7) is 0. The second kappa shape index (κ2) is 5.01. The fourth-order valence-electron chi connectivity index (χ4n) is 1.61. The first-order valence-corrected chi connectivity index (χ1v) is 5.75. The first-order chi connectivity index (χ1) is 8.97. The van der Waals surface area contributed by atoms with Crippen molar-refractivity contribution in [2.45, 2.75) is 0 Å². The van der Waals surface area contributed by atoms with Gasteiger partial charge in [0.2, 0.25) is 0 Å². The van der Waals surface area contributed by atoms with E-state index in [1.807, 2.05) is 0 Å². The number of aromatic nitrogens is 2. The predicted molar refractivity (Wildman–Crippen MR) is 72.2 cm³/mol. The molecule has 2 N–H and O–H groups in total. The summed E-state index contributed by atoms with van der Waals surface area (Å²) >= 11 is 0. The van der Waals surface area contributed by atoms with Crippen LogP contribution in [-0.4, -0.2) is 34.7 Å². The fourth-order valence-corrected chi connectivity index (χ4v) is 1.61. The van der Waals surface area contributed by atoms with Gasteiger partial charge in [0.05, 0.1) is 18.1 Å². The molecule has 19 heavy (non-hydrogen) atoms. The lowest BCUT2D eigenvalue weighted by atomic mass is 10.1. The molecule has 0 aliphatic heterocycles. The number of hydrogen-bond donors (Lipinski definition) is 1. The Kier molecular flexibility index (Phi) is 3.41. The number of ether oxygens (including phenoxy) is 1. The van der Waals surface area contributed by atoms with Crippen LogP contribution >= 0.6 is 0 Å². The minimum atomic E-state index is -0.0976. The number of rotatable bonds is 3. The summed E-state index contributed by atoms with van der Waals surface area (Å²) in [6, 6.07) is 4.97. The highest BCUT2D eigenvalue weighted by Crippen LogP contribution is 2.28. The average molecular weight is 260 g/mol. The van der Waals surface area contributed by atoms with Crippen molar-refractivity contribution in [3.05, 3.63) is 36.2 Å². The summed E-state index contributed by atoms with van der Waals surface area (Å²) in [4.78, 5) is 13.3. The first-order valence-electron chi connectivity index (χ1n) is 5.75. The zero-order valence-electron chi connectivity index (χ0n) is 11.1.